The molecule has 0 radical (unpaired) electrons. The second-order valence-corrected chi connectivity index (χ2v) is 5.40. The zero-order chi connectivity index (χ0) is 14.5. The monoisotopic (exact) mass is 295 g/mol. The number of rotatable bonds is 4. The van der Waals surface area contributed by atoms with Crippen molar-refractivity contribution in [1.82, 2.24) is 4.90 Å². The van der Waals surface area contributed by atoms with E-state index in [1.807, 2.05) is 37.3 Å². The number of benzene rings is 1. The third-order valence-electron chi connectivity index (χ3n) is 3.72. The standard InChI is InChI=1S/C15H18ClNO3/c1-2-12-8-17(9-13(12)14(16)18)15(19)20-10-11-6-4-3-5-7-11/h3-7,12-13H,2,8-10H2,1H3/t12-,13-/m1/s1. The van der Waals surface area contributed by atoms with E-state index in [9.17, 15) is 9.59 Å². The number of carbonyl (C=O) groups excluding carboxylic acids is 2. The fourth-order valence-corrected chi connectivity index (χ4v) is 2.75. The third kappa shape index (κ3) is 3.51. The van der Waals surface area contributed by atoms with Gasteiger partial charge in [-0.3, -0.25) is 4.79 Å². The highest BCUT2D eigenvalue weighted by Gasteiger charge is 2.38. The summed E-state index contributed by atoms with van der Waals surface area (Å²) in [4.78, 5) is 24.9. The lowest BCUT2D eigenvalue weighted by Crippen LogP contribution is -2.30. The Morgan fingerprint density at radius 3 is 2.55 bits per heavy atom. The topological polar surface area (TPSA) is 46.6 Å². The molecular weight excluding hydrogens is 278 g/mol. The normalized spacial score (nSPS) is 21.8. The van der Waals surface area contributed by atoms with Crippen LogP contribution in [0.25, 0.3) is 0 Å². The molecule has 20 heavy (non-hydrogen) atoms. The average molecular weight is 296 g/mol. The van der Waals surface area contributed by atoms with Crippen LogP contribution in [0.5, 0.6) is 0 Å². The minimum Gasteiger partial charge on any atom is -0.445 e. The maximum atomic E-state index is 12.0. The fraction of sp³-hybridized carbons (Fsp3) is 0.467. The van der Waals surface area contributed by atoms with Gasteiger partial charge in [0, 0.05) is 13.1 Å². The van der Waals surface area contributed by atoms with E-state index >= 15 is 0 Å². The van der Waals surface area contributed by atoms with Crippen LogP contribution >= 0.6 is 11.6 Å². The van der Waals surface area contributed by atoms with E-state index < -0.39 is 0 Å². The zero-order valence-electron chi connectivity index (χ0n) is 11.4. The summed E-state index contributed by atoms with van der Waals surface area (Å²) < 4.78 is 5.27. The first-order chi connectivity index (χ1) is 9.61. The Balaban J connectivity index is 1.89. The van der Waals surface area contributed by atoms with E-state index in [2.05, 4.69) is 0 Å². The molecular formula is C15H18ClNO3. The quantitative estimate of drug-likeness (QED) is 0.802. The summed E-state index contributed by atoms with van der Waals surface area (Å²) in [6, 6.07) is 9.51. The molecule has 1 aromatic rings. The molecule has 1 saturated heterocycles. The Labute approximate surface area is 123 Å². The summed E-state index contributed by atoms with van der Waals surface area (Å²) >= 11 is 5.58. The van der Waals surface area contributed by atoms with Crippen molar-refractivity contribution in [2.45, 2.75) is 20.0 Å². The maximum Gasteiger partial charge on any atom is 0.410 e. The SMILES string of the molecule is CC[C@@H]1CN(C(=O)OCc2ccccc2)C[C@H]1C(=O)Cl. The molecule has 0 saturated carbocycles. The third-order valence-corrected chi connectivity index (χ3v) is 4.00. The summed E-state index contributed by atoms with van der Waals surface area (Å²) in [5, 5.41) is -0.366. The van der Waals surface area contributed by atoms with Crippen molar-refractivity contribution >= 4 is 22.9 Å². The molecule has 1 heterocycles. The van der Waals surface area contributed by atoms with Crippen LogP contribution in [0.1, 0.15) is 18.9 Å². The Hall–Kier alpha value is -1.55. The van der Waals surface area contributed by atoms with Gasteiger partial charge in [0.15, 0.2) is 0 Å². The summed E-state index contributed by atoms with van der Waals surface area (Å²) in [7, 11) is 0. The van der Waals surface area contributed by atoms with Crippen molar-refractivity contribution in [3.8, 4) is 0 Å². The summed E-state index contributed by atoms with van der Waals surface area (Å²) in [5.41, 5.74) is 0.942. The predicted octanol–water partition coefficient (Wildman–Crippen LogP) is 3.05. The highest BCUT2D eigenvalue weighted by atomic mass is 35.5. The molecule has 1 aliphatic rings. The van der Waals surface area contributed by atoms with Gasteiger partial charge in [0.1, 0.15) is 6.61 Å². The molecule has 4 nitrogen and oxygen atoms in total. The number of likely N-dealkylation sites (tertiary alicyclic amines) is 1. The van der Waals surface area contributed by atoms with Gasteiger partial charge in [0.2, 0.25) is 5.24 Å². The minimum atomic E-state index is -0.382. The molecule has 108 valence electrons. The van der Waals surface area contributed by atoms with Crippen LogP contribution in [0.2, 0.25) is 0 Å². The smallest absolute Gasteiger partial charge is 0.410 e. The van der Waals surface area contributed by atoms with E-state index in [1.54, 1.807) is 4.90 Å². The lowest BCUT2D eigenvalue weighted by Gasteiger charge is -2.16. The molecule has 5 heteroatoms. The molecule has 1 amide bonds. The first-order valence-corrected chi connectivity index (χ1v) is 7.14. The van der Waals surface area contributed by atoms with Gasteiger partial charge in [-0.25, -0.2) is 4.79 Å². The van der Waals surface area contributed by atoms with Crippen molar-refractivity contribution in [3.05, 3.63) is 35.9 Å². The van der Waals surface area contributed by atoms with Crippen molar-refractivity contribution < 1.29 is 14.3 Å². The van der Waals surface area contributed by atoms with E-state index in [0.717, 1.165) is 12.0 Å². The van der Waals surface area contributed by atoms with E-state index in [4.69, 9.17) is 16.3 Å². The largest absolute Gasteiger partial charge is 0.445 e. The molecule has 0 spiro atoms. The van der Waals surface area contributed by atoms with Crippen LogP contribution in [0.4, 0.5) is 4.79 Å². The molecule has 2 rings (SSSR count). The van der Waals surface area contributed by atoms with Crippen molar-refractivity contribution in [2.24, 2.45) is 11.8 Å². The maximum absolute atomic E-state index is 12.0. The van der Waals surface area contributed by atoms with Crippen LogP contribution in [0.3, 0.4) is 0 Å². The molecule has 0 N–H and O–H groups in total. The van der Waals surface area contributed by atoms with Crippen molar-refractivity contribution in [1.29, 1.82) is 0 Å². The second-order valence-electron chi connectivity index (χ2n) is 5.02. The van der Waals surface area contributed by atoms with Gasteiger partial charge in [-0.1, -0.05) is 43.7 Å². The highest BCUT2D eigenvalue weighted by Crippen LogP contribution is 2.28. The molecule has 1 aliphatic heterocycles. The molecule has 1 fully saturated rings. The van der Waals surface area contributed by atoms with Gasteiger partial charge in [0.05, 0.1) is 5.92 Å². The van der Waals surface area contributed by atoms with Gasteiger partial charge < -0.3 is 9.64 Å². The number of hydrogen-bond acceptors (Lipinski definition) is 3. The predicted molar refractivity (Wildman–Crippen MR) is 76.3 cm³/mol. The Kier molecular flexibility index (Phi) is 5.01. The van der Waals surface area contributed by atoms with Crippen LogP contribution in [0, 0.1) is 11.8 Å². The number of ether oxygens (including phenoxy) is 1. The zero-order valence-corrected chi connectivity index (χ0v) is 12.2. The highest BCUT2D eigenvalue weighted by molar-refractivity contribution is 6.64. The van der Waals surface area contributed by atoms with Crippen molar-refractivity contribution in [3.63, 3.8) is 0 Å². The lowest BCUT2D eigenvalue weighted by atomic mass is 9.95. The van der Waals surface area contributed by atoms with E-state index in [-0.39, 0.29) is 29.8 Å². The fourth-order valence-electron chi connectivity index (χ4n) is 2.50. The van der Waals surface area contributed by atoms with Crippen LogP contribution in [-0.2, 0) is 16.1 Å². The van der Waals surface area contributed by atoms with Gasteiger partial charge in [-0.05, 0) is 23.1 Å². The van der Waals surface area contributed by atoms with Crippen LogP contribution in [0.15, 0.2) is 30.3 Å². The molecule has 1 aromatic carbocycles. The number of carbonyl (C=O) groups is 2. The number of hydrogen-bond donors (Lipinski definition) is 0. The molecule has 0 bridgehead atoms. The summed E-state index contributed by atoms with van der Waals surface area (Å²) in [5.74, 6) is -0.143. The first kappa shape index (κ1) is 14.9. The number of halogens is 1. The Morgan fingerprint density at radius 1 is 1.30 bits per heavy atom. The molecule has 0 aliphatic carbocycles. The molecule has 2 atom stereocenters. The summed E-state index contributed by atoms with van der Waals surface area (Å²) in [6.07, 6.45) is 0.443. The average Bonchev–Trinajstić information content (AvgIpc) is 2.90. The van der Waals surface area contributed by atoms with Crippen molar-refractivity contribution in [2.75, 3.05) is 13.1 Å². The second kappa shape index (κ2) is 6.75. The number of amides is 1. The Bertz CT molecular complexity index is 477. The molecule has 0 aromatic heterocycles. The number of nitrogens with zero attached hydrogens (tertiary/aromatic N) is 1. The van der Waals surface area contributed by atoms with Gasteiger partial charge >= 0.3 is 6.09 Å². The minimum absolute atomic E-state index is 0.129. The first-order valence-electron chi connectivity index (χ1n) is 6.76. The van der Waals surface area contributed by atoms with E-state index in [0.29, 0.717) is 13.1 Å². The van der Waals surface area contributed by atoms with Gasteiger partial charge in [0.25, 0.3) is 0 Å². The van der Waals surface area contributed by atoms with Crippen LogP contribution in [-0.4, -0.2) is 29.3 Å². The Morgan fingerprint density at radius 2 is 2.00 bits per heavy atom. The van der Waals surface area contributed by atoms with Gasteiger partial charge in [-0.15, -0.1) is 0 Å². The van der Waals surface area contributed by atoms with E-state index in [1.165, 1.54) is 0 Å². The molecule has 0 unspecified atom stereocenters. The lowest BCUT2D eigenvalue weighted by molar-refractivity contribution is -0.115. The van der Waals surface area contributed by atoms with Gasteiger partial charge in [-0.2, -0.15) is 0 Å². The van der Waals surface area contributed by atoms with Crippen LogP contribution < -0.4 is 0 Å². The summed E-state index contributed by atoms with van der Waals surface area (Å²) in [6.45, 7) is 3.13.